The van der Waals surface area contributed by atoms with E-state index in [1.54, 1.807) is 35.0 Å². The van der Waals surface area contributed by atoms with E-state index in [-0.39, 0.29) is 28.5 Å². The summed E-state index contributed by atoms with van der Waals surface area (Å²) >= 11 is 5.88. The minimum Gasteiger partial charge on any atom is -0.494 e. The lowest BCUT2D eigenvalue weighted by molar-refractivity contribution is 0.425. The van der Waals surface area contributed by atoms with E-state index in [1.165, 1.54) is 12.1 Å². The number of hydrogen-bond donors (Lipinski definition) is 4. The fourth-order valence-corrected chi connectivity index (χ4v) is 3.25. The van der Waals surface area contributed by atoms with Gasteiger partial charge in [-0.15, -0.1) is 0 Å². The number of aromatic nitrogens is 4. The number of aromatic amines is 1. The van der Waals surface area contributed by atoms with Crippen molar-refractivity contribution in [1.82, 2.24) is 19.6 Å². The maximum absolute atomic E-state index is 14.4. The van der Waals surface area contributed by atoms with Crippen LogP contribution in [0.5, 0.6) is 11.8 Å². The maximum atomic E-state index is 14.4. The second-order valence-electron chi connectivity index (χ2n) is 7.02. The van der Waals surface area contributed by atoms with Crippen molar-refractivity contribution < 1.29 is 14.6 Å². The van der Waals surface area contributed by atoms with Crippen LogP contribution in [0.15, 0.2) is 41.5 Å². The zero-order chi connectivity index (χ0) is 20.8. The first kappa shape index (κ1) is 18.4. The molecule has 3 heterocycles. The van der Waals surface area contributed by atoms with E-state index in [0.29, 0.717) is 27.7 Å². The van der Waals surface area contributed by atoms with Gasteiger partial charge in [0.25, 0.3) is 0 Å². The lowest BCUT2D eigenvalue weighted by Gasteiger charge is -2.08. The third kappa shape index (κ3) is 3.43. The van der Waals surface area contributed by atoms with Crippen molar-refractivity contribution in [3.05, 3.63) is 63.6 Å². The summed E-state index contributed by atoms with van der Waals surface area (Å²) in [6.07, 6.45) is 5.23. The number of anilines is 2. The number of halogens is 2. The Labute approximate surface area is 174 Å². The average molecular weight is 427 g/mol. The van der Waals surface area contributed by atoms with Crippen LogP contribution < -0.4 is 16.0 Å². The first-order chi connectivity index (χ1) is 14.5. The fourth-order valence-electron chi connectivity index (χ4n) is 3.07. The molecule has 10 heteroatoms. The highest BCUT2D eigenvalue weighted by atomic mass is 35.5. The Kier molecular flexibility index (Phi) is 4.32. The minimum absolute atomic E-state index is 0.00471. The number of rotatable bonds is 4. The summed E-state index contributed by atoms with van der Waals surface area (Å²) in [5.41, 5.74) is 1.61. The Morgan fingerprint density at radius 3 is 2.87 bits per heavy atom. The standard InChI is InChI=1S/C20H16ClFN6O2/c21-13-2-1-3-14(18(13)22)25-15-8-16(24-12-4-5-12)28-19(26-15)11(9-23-28)6-10-7-17(29)27-20(10)30/h1-3,6-9,12,25,27,29-30H,4-5H2. The summed E-state index contributed by atoms with van der Waals surface area (Å²) in [6, 6.07) is 7.99. The predicted octanol–water partition coefficient (Wildman–Crippen LogP) is 2.62. The number of hydrogen-bond acceptors (Lipinski definition) is 6. The van der Waals surface area contributed by atoms with Gasteiger partial charge >= 0.3 is 0 Å². The highest BCUT2D eigenvalue weighted by molar-refractivity contribution is 6.31. The molecule has 3 aromatic heterocycles. The van der Waals surface area contributed by atoms with Gasteiger partial charge in [-0.3, -0.25) is 9.98 Å². The van der Waals surface area contributed by atoms with Crippen molar-refractivity contribution in [2.45, 2.75) is 18.9 Å². The Bertz CT molecular complexity index is 1390. The van der Waals surface area contributed by atoms with Crippen LogP contribution in [-0.4, -0.2) is 35.8 Å². The van der Waals surface area contributed by atoms with Crippen molar-refractivity contribution in [3.8, 4) is 11.8 Å². The molecule has 0 unspecified atom stereocenters. The Hall–Kier alpha value is -3.59. The number of benzene rings is 1. The van der Waals surface area contributed by atoms with Crippen molar-refractivity contribution >= 4 is 34.8 Å². The van der Waals surface area contributed by atoms with Crippen LogP contribution in [0.25, 0.3) is 11.7 Å². The molecule has 30 heavy (non-hydrogen) atoms. The fraction of sp³-hybridized carbons (Fsp3) is 0.150. The largest absolute Gasteiger partial charge is 0.494 e. The van der Waals surface area contributed by atoms with Gasteiger partial charge in [0.2, 0.25) is 0 Å². The quantitative estimate of drug-likeness (QED) is 0.401. The highest BCUT2D eigenvalue weighted by Gasteiger charge is 2.20. The molecular weight excluding hydrogens is 411 g/mol. The number of nitrogens with one attached hydrogen (secondary N) is 2. The van der Waals surface area contributed by atoms with Crippen LogP contribution in [0.1, 0.15) is 18.4 Å². The zero-order valence-electron chi connectivity index (χ0n) is 15.5. The molecule has 5 rings (SSSR count). The van der Waals surface area contributed by atoms with Crippen molar-refractivity contribution in [3.63, 3.8) is 0 Å². The lowest BCUT2D eigenvalue weighted by Crippen LogP contribution is -2.20. The van der Waals surface area contributed by atoms with E-state index in [0.717, 1.165) is 12.8 Å². The van der Waals surface area contributed by atoms with Crippen LogP contribution in [0, 0.1) is 5.82 Å². The molecule has 0 amide bonds. The van der Waals surface area contributed by atoms with E-state index < -0.39 is 5.82 Å². The zero-order valence-corrected chi connectivity index (χ0v) is 16.2. The van der Waals surface area contributed by atoms with Crippen molar-refractivity contribution in [2.24, 2.45) is 4.99 Å². The Morgan fingerprint density at radius 2 is 2.13 bits per heavy atom. The first-order valence-electron chi connectivity index (χ1n) is 9.24. The number of H-pyrrole nitrogens is 1. The molecule has 0 bridgehead atoms. The van der Waals surface area contributed by atoms with Gasteiger partial charge in [-0.1, -0.05) is 17.7 Å². The van der Waals surface area contributed by atoms with Gasteiger partial charge in [0.1, 0.15) is 5.82 Å². The maximum Gasteiger partial charge on any atom is 0.198 e. The number of aromatic hydroxyl groups is 2. The summed E-state index contributed by atoms with van der Waals surface area (Å²) in [4.78, 5) is 11.6. The van der Waals surface area contributed by atoms with Crippen LogP contribution in [0.2, 0.25) is 5.02 Å². The SMILES string of the molecule is Oc1cc(C=c2cnn3c(=NC4CC4)cc(Nc4cccc(Cl)c4F)nc23)c(O)[nH]1. The summed E-state index contributed by atoms with van der Waals surface area (Å²) in [7, 11) is 0. The van der Waals surface area contributed by atoms with Crippen LogP contribution >= 0.6 is 11.6 Å². The van der Waals surface area contributed by atoms with Crippen LogP contribution in [0.3, 0.4) is 0 Å². The van der Waals surface area contributed by atoms with E-state index >= 15 is 0 Å². The predicted molar refractivity (Wildman–Crippen MR) is 109 cm³/mol. The normalized spacial score (nSPS) is 15.3. The molecule has 1 saturated carbocycles. The van der Waals surface area contributed by atoms with Gasteiger partial charge < -0.3 is 15.5 Å². The summed E-state index contributed by atoms with van der Waals surface area (Å²) in [5, 5.41) is 27.4. The average Bonchev–Trinajstić information content (AvgIpc) is 3.34. The van der Waals surface area contributed by atoms with Gasteiger partial charge in [0.05, 0.1) is 22.9 Å². The molecule has 0 spiro atoms. The van der Waals surface area contributed by atoms with E-state index in [9.17, 15) is 14.6 Å². The smallest absolute Gasteiger partial charge is 0.198 e. The monoisotopic (exact) mass is 426 g/mol. The second kappa shape index (κ2) is 7.03. The molecule has 1 aliphatic carbocycles. The van der Waals surface area contributed by atoms with E-state index in [1.807, 2.05) is 0 Å². The molecule has 1 fully saturated rings. The molecule has 0 radical (unpaired) electrons. The molecule has 1 aromatic carbocycles. The van der Waals surface area contributed by atoms with Gasteiger partial charge in [0, 0.05) is 22.9 Å². The summed E-state index contributed by atoms with van der Waals surface area (Å²) in [5.74, 6) is -0.537. The van der Waals surface area contributed by atoms with Crippen molar-refractivity contribution in [1.29, 1.82) is 0 Å². The second-order valence-corrected chi connectivity index (χ2v) is 7.43. The van der Waals surface area contributed by atoms with Gasteiger partial charge in [-0.2, -0.15) is 9.61 Å². The molecule has 4 aromatic rings. The van der Waals surface area contributed by atoms with E-state index in [2.05, 4.69) is 25.4 Å². The molecule has 0 aliphatic heterocycles. The third-order valence-corrected chi connectivity index (χ3v) is 4.97. The molecule has 4 N–H and O–H groups in total. The van der Waals surface area contributed by atoms with Crippen LogP contribution in [0.4, 0.5) is 15.9 Å². The molecule has 0 saturated heterocycles. The van der Waals surface area contributed by atoms with Gasteiger partial charge in [0.15, 0.2) is 28.7 Å². The Morgan fingerprint density at radius 1 is 1.30 bits per heavy atom. The van der Waals surface area contributed by atoms with Crippen LogP contribution in [-0.2, 0) is 0 Å². The molecule has 0 atom stereocenters. The highest BCUT2D eigenvalue weighted by Crippen LogP contribution is 2.25. The number of fused-ring (bicyclic) bond motifs is 1. The third-order valence-electron chi connectivity index (χ3n) is 4.68. The minimum atomic E-state index is -0.575. The summed E-state index contributed by atoms with van der Waals surface area (Å²) < 4.78 is 15.9. The van der Waals surface area contributed by atoms with Crippen molar-refractivity contribution in [2.75, 3.05) is 5.32 Å². The number of nitrogens with zero attached hydrogens (tertiary/aromatic N) is 4. The molecule has 1 aliphatic rings. The topological polar surface area (TPSA) is 111 Å². The van der Waals surface area contributed by atoms with Gasteiger partial charge in [-0.25, -0.2) is 9.37 Å². The summed E-state index contributed by atoms with van der Waals surface area (Å²) in [6.45, 7) is 0. The van der Waals surface area contributed by atoms with Gasteiger partial charge in [-0.05, 0) is 31.1 Å². The Balaban J connectivity index is 1.68. The molecule has 152 valence electrons. The van der Waals surface area contributed by atoms with E-state index in [4.69, 9.17) is 11.6 Å². The molecule has 8 nitrogen and oxygen atoms in total. The molecular formula is C20H16ClFN6O2. The lowest BCUT2D eigenvalue weighted by atomic mass is 10.2. The first-order valence-corrected chi connectivity index (χ1v) is 9.62.